The summed E-state index contributed by atoms with van der Waals surface area (Å²) in [6.07, 6.45) is 3.62. The number of aryl methyl sites for hydroxylation is 1. The first-order valence-electron chi connectivity index (χ1n) is 11.4. The summed E-state index contributed by atoms with van der Waals surface area (Å²) in [4.78, 5) is 29.8. The van der Waals surface area contributed by atoms with Gasteiger partial charge < -0.3 is 15.1 Å². The first kappa shape index (κ1) is 21.4. The molecule has 1 atom stereocenters. The van der Waals surface area contributed by atoms with E-state index in [1.54, 1.807) is 0 Å². The van der Waals surface area contributed by atoms with Crippen molar-refractivity contribution in [3.05, 3.63) is 65.7 Å². The number of hydrogen-bond donors (Lipinski definition) is 1. The molecule has 2 saturated heterocycles. The second-order valence-electron chi connectivity index (χ2n) is 9.35. The van der Waals surface area contributed by atoms with E-state index >= 15 is 0 Å². The third kappa shape index (κ3) is 4.92. The lowest BCUT2D eigenvalue weighted by atomic mass is 9.75. The second-order valence-corrected chi connectivity index (χ2v) is 9.35. The van der Waals surface area contributed by atoms with Crippen LogP contribution in [0.3, 0.4) is 0 Å². The highest BCUT2D eigenvalue weighted by Crippen LogP contribution is 2.34. The molecule has 0 saturated carbocycles. The Kier molecular flexibility index (Phi) is 6.30. The Balaban J connectivity index is 1.32. The smallest absolute Gasteiger partial charge is 0.321 e. The summed E-state index contributed by atoms with van der Waals surface area (Å²) in [6, 6.07) is 18.3. The SMILES string of the molecule is Cc1cccc(NC(=O)N2CCC(C(=O)N3CCCC(C)(c4ccccc4)C3)CC2)c1. The molecule has 2 aromatic rings. The van der Waals surface area contributed by atoms with Crippen LogP contribution in [0.5, 0.6) is 0 Å². The van der Waals surface area contributed by atoms with E-state index in [-0.39, 0.29) is 23.3 Å². The van der Waals surface area contributed by atoms with E-state index in [1.165, 1.54) is 5.56 Å². The molecule has 2 aliphatic rings. The van der Waals surface area contributed by atoms with Crippen LogP contribution in [-0.4, -0.2) is 47.9 Å². The minimum atomic E-state index is -0.0777. The fraction of sp³-hybridized carbons (Fsp3) is 0.462. The van der Waals surface area contributed by atoms with Gasteiger partial charge in [-0.1, -0.05) is 49.4 Å². The van der Waals surface area contributed by atoms with Crippen molar-refractivity contribution >= 4 is 17.6 Å². The lowest BCUT2D eigenvalue weighted by Gasteiger charge is -2.43. The van der Waals surface area contributed by atoms with Crippen LogP contribution in [0, 0.1) is 12.8 Å². The molecule has 0 radical (unpaired) electrons. The highest BCUT2D eigenvalue weighted by Gasteiger charge is 2.37. The van der Waals surface area contributed by atoms with Crippen LogP contribution in [0.2, 0.25) is 0 Å². The van der Waals surface area contributed by atoms with Gasteiger partial charge in [0.15, 0.2) is 0 Å². The van der Waals surface area contributed by atoms with Gasteiger partial charge in [0.2, 0.25) is 5.91 Å². The quantitative estimate of drug-likeness (QED) is 0.776. The Bertz CT molecular complexity index is 921. The molecule has 2 fully saturated rings. The predicted molar refractivity (Wildman–Crippen MR) is 124 cm³/mol. The number of anilines is 1. The molecular weight excluding hydrogens is 386 g/mol. The molecule has 4 rings (SSSR count). The summed E-state index contributed by atoms with van der Waals surface area (Å²) >= 11 is 0. The number of nitrogens with zero attached hydrogens (tertiary/aromatic N) is 2. The van der Waals surface area contributed by atoms with E-state index in [9.17, 15) is 9.59 Å². The van der Waals surface area contributed by atoms with Crippen molar-refractivity contribution in [2.75, 3.05) is 31.5 Å². The number of carbonyl (C=O) groups excluding carboxylic acids is 2. The maximum absolute atomic E-state index is 13.3. The topological polar surface area (TPSA) is 52.7 Å². The van der Waals surface area contributed by atoms with E-state index in [0.717, 1.165) is 50.0 Å². The number of piperidine rings is 2. The molecule has 31 heavy (non-hydrogen) atoms. The van der Waals surface area contributed by atoms with Crippen molar-refractivity contribution < 1.29 is 9.59 Å². The van der Waals surface area contributed by atoms with Gasteiger partial charge in [0, 0.05) is 43.2 Å². The number of rotatable bonds is 3. The van der Waals surface area contributed by atoms with E-state index in [0.29, 0.717) is 13.1 Å². The number of amides is 3. The van der Waals surface area contributed by atoms with Gasteiger partial charge in [-0.3, -0.25) is 4.79 Å². The van der Waals surface area contributed by atoms with Gasteiger partial charge in [-0.05, 0) is 55.9 Å². The molecule has 5 nitrogen and oxygen atoms in total. The van der Waals surface area contributed by atoms with Crippen LogP contribution in [0.25, 0.3) is 0 Å². The average Bonchev–Trinajstić information content (AvgIpc) is 2.79. The second kappa shape index (κ2) is 9.13. The summed E-state index contributed by atoms with van der Waals surface area (Å²) in [7, 11) is 0. The molecule has 1 N–H and O–H groups in total. The molecule has 1 unspecified atom stereocenters. The Morgan fingerprint density at radius 1 is 0.968 bits per heavy atom. The predicted octanol–water partition coefficient (Wildman–Crippen LogP) is 4.82. The number of benzene rings is 2. The fourth-order valence-electron chi connectivity index (χ4n) is 5.02. The Hall–Kier alpha value is -2.82. The summed E-state index contributed by atoms with van der Waals surface area (Å²) in [5.41, 5.74) is 3.27. The minimum absolute atomic E-state index is 0.0149. The molecule has 2 aromatic carbocycles. The van der Waals surface area contributed by atoms with Gasteiger partial charge in [-0.2, -0.15) is 0 Å². The van der Waals surface area contributed by atoms with Crippen molar-refractivity contribution in [1.29, 1.82) is 0 Å². The zero-order chi connectivity index (χ0) is 21.8. The maximum atomic E-state index is 13.3. The molecule has 3 amide bonds. The standard InChI is InChI=1S/C26H33N3O2/c1-20-8-6-11-23(18-20)27-25(31)28-16-12-21(13-17-28)24(30)29-15-7-14-26(2,19-29)22-9-4-3-5-10-22/h3-6,8-11,18,21H,7,12-17,19H2,1-2H3,(H,27,31). The van der Waals surface area contributed by atoms with Crippen molar-refractivity contribution in [3.63, 3.8) is 0 Å². The van der Waals surface area contributed by atoms with Gasteiger partial charge >= 0.3 is 6.03 Å². The van der Waals surface area contributed by atoms with Gasteiger partial charge in [0.1, 0.15) is 0 Å². The number of likely N-dealkylation sites (tertiary alicyclic amines) is 2. The molecule has 2 aliphatic heterocycles. The van der Waals surface area contributed by atoms with Crippen LogP contribution in [0.1, 0.15) is 43.7 Å². The maximum Gasteiger partial charge on any atom is 0.321 e. The molecular formula is C26H33N3O2. The van der Waals surface area contributed by atoms with Crippen LogP contribution in [-0.2, 0) is 10.2 Å². The van der Waals surface area contributed by atoms with Crippen molar-refractivity contribution in [2.24, 2.45) is 5.92 Å². The first-order valence-corrected chi connectivity index (χ1v) is 11.4. The third-order valence-corrected chi connectivity index (χ3v) is 6.88. The minimum Gasteiger partial charge on any atom is -0.342 e. The summed E-state index contributed by atoms with van der Waals surface area (Å²) < 4.78 is 0. The van der Waals surface area contributed by atoms with Gasteiger partial charge in [0.05, 0.1) is 0 Å². The monoisotopic (exact) mass is 419 g/mol. The zero-order valence-electron chi connectivity index (χ0n) is 18.6. The van der Waals surface area contributed by atoms with E-state index in [4.69, 9.17) is 0 Å². The Morgan fingerprint density at radius 3 is 2.42 bits per heavy atom. The lowest BCUT2D eigenvalue weighted by molar-refractivity contribution is -0.139. The molecule has 0 bridgehead atoms. The largest absolute Gasteiger partial charge is 0.342 e. The van der Waals surface area contributed by atoms with Crippen molar-refractivity contribution in [2.45, 2.75) is 44.9 Å². The van der Waals surface area contributed by atoms with Crippen molar-refractivity contribution in [3.8, 4) is 0 Å². The average molecular weight is 420 g/mol. The first-order chi connectivity index (χ1) is 14.9. The molecule has 0 aromatic heterocycles. The number of carbonyl (C=O) groups is 2. The van der Waals surface area contributed by atoms with Crippen LogP contribution >= 0.6 is 0 Å². The van der Waals surface area contributed by atoms with Gasteiger partial charge in [0.25, 0.3) is 0 Å². The molecule has 0 aliphatic carbocycles. The third-order valence-electron chi connectivity index (χ3n) is 6.88. The Labute approximate surface area is 185 Å². The Morgan fingerprint density at radius 2 is 1.71 bits per heavy atom. The number of hydrogen-bond acceptors (Lipinski definition) is 2. The number of nitrogens with one attached hydrogen (secondary N) is 1. The van der Waals surface area contributed by atoms with E-state index in [2.05, 4.69) is 41.4 Å². The fourth-order valence-corrected chi connectivity index (χ4v) is 5.02. The van der Waals surface area contributed by atoms with Crippen LogP contribution in [0.4, 0.5) is 10.5 Å². The highest BCUT2D eigenvalue weighted by molar-refractivity contribution is 5.89. The van der Waals surface area contributed by atoms with Gasteiger partial charge in [-0.25, -0.2) is 4.79 Å². The summed E-state index contributed by atoms with van der Waals surface area (Å²) in [6.45, 7) is 7.16. The number of urea groups is 1. The van der Waals surface area contributed by atoms with E-state index in [1.807, 2.05) is 42.2 Å². The zero-order valence-corrected chi connectivity index (χ0v) is 18.6. The summed E-state index contributed by atoms with van der Waals surface area (Å²) in [5.74, 6) is 0.279. The van der Waals surface area contributed by atoms with Crippen LogP contribution in [0.15, 0.2) is 54.6 Å². The molecule has 164 valence electrons. The normalized spacial score (nSPS) is 22.3. The van der Waals surface area contributed by atoms with Crippen molar-refractivity contribution in [1.82, 2.24) is 9.80 Å². The van der Waals surface area contributed by atoms with E-state index < -0.39 is 0 Å². The molecule has 0 spiro atoms. The summed E-state index contributed by atoms with van der Waals surface area (Å²) in [5, 5.41) is 2.98. The van der Waals surface area contributed by atoms with Crippen LogP contribution < -0.4 is 5.32 Å². The van der Waals surface area contributed by atoms with Gasteiger partial charge in [-0.15, -0.1) is 0 Å². The lowest BCUT2D eigenvalue weighted by Crippen LogP contribution is -2.51. The molecule has 2 heterocycles. The molecule has 5 heteroatoms. The highest BCUT2D eigenvalue weighted by atomic mass is 16.2.